The van der Waals surface area contributed by atoms with Crippen LogP contribution in [0, 0.1) is 17.5 Å². The topological polar surface area (TPSA) is 55.0 Å². The number of imidazole rings is 1. The molecule has 2 rings (SSSR count). The lowest BCUT2D eigenvalue weighted by Gasteiger charge is -2.00. The van der Waals surface area contributed by atoms with E-state index in [9.17, 15) is 18.0 Å². The second kappa shape index (κ2) is 4.52. The fraction of sp³-hybridized carbons (Fsp3) is 0.0909. The number of H-pyrrole nitrogens is 1. The van der Waals surface area contributed by atoms with Gasteiger partial charge < -0.3 is 9.72 Å². The summed E-state index contributed by atoms with van der Waals surface area (Å²) >= 11 is 0. The predicted octanol–water partition coefficient (Wildman–Crippen LogP) is 2.28. The van der Waals surface area contributed by atoms with E-state index in [1.807, 2.05) is 0 Å². The SMILES string of the molecule is COC(=O)c1cnc(-c2cc(F)c(F)c(F)c2)[nH]1. The van der Waals surface area contributed by atoms with Gasteiger partial charge in [0.2, 0.25) is 0 Å². The number of hydrogen-bond acceptors (Lipinski definition) is 3. The van der Waals surface area contributed by atoms with Crippen LogP contribution < -0.4 is 0 Å². The summed E-state index contributed by atoms with van der Waals surface area (Å²) in [7, 11) is 1.18. The van der Waals surface area contributed by atoms with Gasteiger partial charge in [-0.2, -0.15) is 0 Å². The van der Waals surface area contributed by atoms with Crippen LogP contribution in [0.3, 0.4) is 0 Å². The Kier molecular flexibility index (Phi) is 3.05. The van der Waals surface area contributed by atoms with Crippen molar-refractivity contribution in [3.63, 3.8) is 0 Å². The quantitative estimate of drug-likeness (QED) is 0.662. The summed E-state index contributed by atoms with van der Waals surface area (Å²) in [5.74, 6) is -4.86. The third-order valence-electron chi connectivity index (χ3n) is 2.24. The van der Waals surface area contributed by atoms with Crippen molar-refractivity contribution in [2.75, 3.05) is 7.11 Å². The van der Waals surface area contributed by atoms with Gasteiger partial charge in [-0.05, 0) is 12.1 Å². The zero-order chi connectivity index (χ0) is 13.3. The summed E-state index contributed by atoms with van der Waals surface area (Å²) in [6.45, 7) is 0. The molecule has 2 aromatic rings. The van der Waals surface area contributed by atoms with Gasteiger partial charge in [0, 0.05) is 5.56 Å². The maximum atomic E-state index is 13.0. The molecule has 0 unspecified atom stereocenters. The molecule has 0 fully saturated rings. The van der Waals surface area contributed by atoms with Gasteiger partial charge in [0.25, 0.3) is 0 Å². The summed E-state index contributed by atoms with van der Waals surface area (Å²) in [6, 6.07) is 1.55. The standard InChI is InChI=1S/C11H7F3N2O2/c1-18-11(17)8-4-15-10(16-8)5-2-6(12)9(14)7(13)3-5/h2-4H,1H3,(H,15,16). The van der Waals surface area contributed by atoms with E-state index in [1.54, 1.807) is 0 Å². The number of carbonyl (C=O) groups excluding carboxylic acids is 1. The first kappa shape index (κ1) is 12.2. The van der Waals surface area contributed by atoms with Gasteiger partial charge in [0.1, 0.15) is 11.5 Å². The Hall–Kier alpha value is -2.31. The van der Waals surface area contributed by atoms with Crippen molar-refractivity contribution in [2.45, 2.75) is 0 Å². The Labute approximate surface area is 99.4 Å². The van der Waals surface area contributed by atoms with E-state index in [0.29, 0.717) is 0 Å². The van der Waals surface area contributed by atoms with Gasteiger partial charge in [0.15, 0.2) is 17.5 Å². The summed E-state index contributed by atoms with van der Waals surface area (Å²) in [6.07, 6.45) is 1.15. The van der Waals surface area contributed by atoms with Crippen LogP contribution in [0.15, 0.2) is 18.3 Å². The molecule has 1 N–H and O–H groups in total. The highest BCUT2D eigenvalue weighted by Crippen LogP contribution is 2.21. The molecule has 1 heterocycles. The van der Waals surface area contributed by atoms with E-state index in [4.69, 9.17) is 0 Å². The van der Waals surface area contributed by atoms with Crippen LogP contribution in [0.25, 0.3) is 11.4 Å². The number of rotatable bonds is 2. The monoisotopic (exact) mass is 256 g/mol. The van der Waals surface area contributed by atoms with Crippen molar-refractivity contribution in [3.8, 4) is 11.4 Å². The predicted molar refractivity (Wildman–Crippen MR) is 55.2 cm³/mol. The fourth-order valence-electron chi connectivity index (χ4n) is 1.37. The molecule has 0 saturated heterocycles. The van der Waals surface area contributed by atoms with E-state index in [1.165, 1.54) is 7.11 Å². The lowest BCUT2D eigenvalue weighted by Crippen LogP contribution is -2.01. The number of aromatic amines is 1. The molecule has 0 spiro atoms. The number of hydrogen-bond donors (Lipinski definition) is 1. The Bertz CT molecular complexity index is 587. The van der Waals surface area contributed by atoms with E-state index in [0.717, 1.165) is 18.3 Å². The lowest BCUT2D eigenvalue weighted by atomic mass is 10.2. The van der Waals surface area contributed by atoms with E-state index in [-0.39, 0.29) is 17.1 Å². The summed E-state index contributed by atoms with van der Waals surface area (Å²) in [4.78, 5) is 17.4. The average molecular weight is 256 g/mol. The molecule has 1 aromatic carbocycles. The summed E-state index contributed by atoms with van der Waals surface area (Å²) in [5, 5.41) is 0. The van der Waals surface area contributed by atoms with Crippen LogP contribution in [0.1, 0.15) is 10.5 Å². The number of ether oxygens (including phenoxy) is 1. The van der Waals surface area contributed by atoms with E-state index in [2.05, 4.69) is 14.7 Å². The minimum absolute atomic E-state index is 0.0125. The Morgan fingerprint density at radius 2 is 1.89 bits per heavy atom. The molecule has 0 saturated carbocycles. The molecule has 4 nitrogen and oxygen atoms in total. The normalized spacial score (nSPS) is 10.4. The van der Waals surface area contributed by atoms with Gasteiger partial charge in [-0.3, -0.25) is 0 Å². The maximum Gasteiger partial charge on any atom is 0.356 e. The molecule has 0 aliphatic rings. The number of carbonyl (C=O) groups is 1. The number of nitrogens with one attached hydrogen (secondary N) is 1. The second-order valence-electron chi connectivity index (χ2n) is 3.39. The molecule has 0 radical (unpaired) electrons. The Balaban J connectivity index is 2.43. The number of nitrogens with zero attached hydrogens (tertiary/aromatic N) is 1. The van der Waals surface area contributed by atoms with Crippen molar-refractivity contribution in [1.82, 2.24) is 9.97 Å². The van der Waals surface area contributed by atoms with Gasteiger partial charge in [-0.15, -0.1) is 0 Å². The molecule has 0 atom stereocenters. The Morgan fingerprint density at radius 1 is 1.28 bits per heavy atom. The van der Waals surface area contributed by atoms with Crippen LogP contribution in [-0.4, -0.2) is 23.0 Å². The smallest absolute Gasteiger partial charge is 0.356 e. The molecule has 0 amide bonds. The summed E-state index contributed by atoms with van der Waals surface area (Å²) < 4.78 is 43.2. The average Bonchev–Trinajstić information content (AvgIpc) is 2.84. The lowest BCUT2D eigenvalue weighted by molar-refractivity contribution is 0.0595. The van der Waals surface area contributed by atoms with Crippen LogP contribution >= 0.6 is 0 Å². The highest BCUT2D eigenvalue weighted by atomic mass is 19.2. The van der Waals surface area contributed by atoms with E-state index < -0.39 is 23.4 Å². The van der Waals surface area contributed by atoms with Crippen molar-refractivity contribution in [2.24, 2.45) is 0 Å². The molecule has 1 aromatic heterocycles. The highest BCUT2D eigenvalue weighted by molar-refractivity contribution is 5.87. The first-order valence-electron chi connectivity index (χ1n) is 4.81. The third kappa shape index (κ3) is 2.06. The van der Waals surface area contributed by atoms with Crippen LogP contribution in [0.4, 0.5) is 13.2 Å². The number of benzene rings is 1. The molecule has 18 heavy (non-hydrogen) atoms. The Morgan fingerprint density at radius 3 is 2.44 bits per heavy atom. The number of methoxy groups -OCH3 is 1. The minimum atomic E-state index is -1.56. The zero-order valence-electron chi connectivity index (χ0n) is 9.13. The number of esters is 1. The molecule has 94 valence electrons. The largest absolute Gasteiger partial charge is 0.464 e. The van der Waals surface area contributed by atoms with Crippen LogP contribution in [0.2, 0.25) is 0 Å². The maximum absolute atomic E-state index is 13.0. The fourth-order valence-corrected chi connectivity index (χ4v) is 1.37. The van der Waals surface area contributed by atoms with Crippen molar-refractivity contribution in [1.29, 1.82) is 0 Å². The molecular formula is C11H7F3N2O2. The third-order valence-corrected chi connectivity index (χ3v) is 2.24. The van der Waals surface area contributed by atoms with Gasteiger partial charge in [-0.1, -0.05) is 0 Å². The first-order valence-corrected chi connectivity index (χ1v) is 4.81. The molecule has 0 aliphatic carbocycles. The molecular weight excluding hydrogens is 249 g/mol. The van der Waals surface area contributed by atoms with Gasteiger partial charge >= 0.3 is 5.97 Å². The first-order chi connectivity index (χ1) is 8.52. The number of halogens is 3. The zero-order valence-corrected chi connectivity index (χ0v) is 9.13. The van der Waals surface area contributed by atoms with Crippen molar-refractivity contribution >= 4 is 5.97 Å². The van der Waals surface area contributed by atoms with Crippen LogP contribution in [-0.2, 0) is 4.74 Å². The second-order valence-corrected chi connectivity index (χ2v) is 3.39. The van der Waals surface area contributed by atoms with Gasteiger partial charge in [-0.25, -0.2) is 22.9 Å². The minimum Gasteiger partial charge on any atom is -0.464 e. The summed E-state index contributed by atoms with van der Waals surface area (Å²) in [5.41, 5.74) is 0.0131. The van der Waals surface area contributed by atoms with E-state index >= 15 is 0 Å². The highest BCUT2D eigenvalue weighted by Gasteiger charge is 2.15. The molecule has 0 aliphatic heterocycles. The molecule has 7 heteroatoms. The van der Waals surface area contributed by atoms with Gasteiger partial charge in [0.05, 0.1) is 13.3 Å². The van der Waals surface area contributed by atoms with Crippen molar-refractivity contribution < 1.29 is 22.7 Å². The number of aromatic nitrogens is 2. The van der Waals surface area contributed by atoms with Crippen LogP contribution in [0.5, 0.6) is 0 Å². The van der Waals surface area contributed by atoms with Crippen molar-refractivity contribution in [3.05, 3.63) is 41.5 Å². The molecule has 0 bridgehead atoms.